The molecule has 11 nitrogen and oxygen atoms in total. The molecule has 1 amide bonds. The summed E-state index contributed by atoms with van der Waals surface area (Å²) in [7, 11) is 0. The topological polar surface area (TPSA) is 189 Å². The lowest BCUT2D eigenvalue weighted by atomic mass is 9.98. The van der Waals surface area contributed by atoms with E-state index in [0.717, 1.165) is 38.5 Å². The molecule has 0 aromatic rings. The van der Waals surface area contributed by atoms with Crippen LogP contribution in [-0.4, -0.2) is 110 Å². The molecule has 1 fully saturated rings. The maximum absolute atomic E-state index is 13.2. The lowest BCUT2D eigenvalue weighted by Gasteiger charge is -2.40. The Morgan fingerprint density at radius 3 is 1.14 bits per heavy atom. The lowest BCUT2D eigenvalue weighted by molar-refractivity contribution is -0.303. The molecule has 460 valence electrons. The fourth-order valence-corrected chi connectivity index (χ4v) is 10.8. The number of unbranched alkanes of at least 4 members (excludes halogenated alkanes) is 40. The highest BCUT2D eigenvalue weighted by molar-refractivity contribution is 5.80. The Morgan fingerprint density at radius 2 is 0.769 bits per heavy atom. The summed E-state index contributed by atoms with van der Waals surface area (Å²) in [5.41, 5.74) is 0. The van der Waals surface area contributed by atoms with E-state index in [-0.39, 0.29) is 12.8 Å². The summed E-state index contributed by atoms with van der Waals surface area (Å²) >= 11 is 0. The molecule has 8 N–H and O–H groups in total. The van der Waals surface area contributed by atoms with Gasteiger partial charge >= 0.3 is 0 Å². The highest BCUT2D eigenvalue weighted by atomic mass is 16.7. The first-order valence-corrected chi connectivity index (χ1v) is 33.4. The van der Waals surface area contributed by atoms with Crippen molar-refractivity contribution >= 4 is 5.91 Å². The Labute approximate surface area is 479 Å². The molecule has 0 bridgehead atoms. The largest absolute Gasteiger partial charge is 0.394 e. The van der Waals surface area contributed by atoms with E-state index in [1.807, 2.05) is 0 Å². The van der Waals surface area contributed by atoms with Crippen LogP contribution >= 0.6 is 0 Å². The van der Waals surface area contributed by atoms with Crippen molar-refractivity contribution in [1.29, 1.82) is 0 Å². The van der Waals surface area contributed by atoms with Crippen molar-refractivity contribution in [1.82, 2.24) is 5.32 Å². The van der Waals surface area contributed by atoms with Crippen molar-refractivity contribution in [3.8, 4) is 0 Å². The smallest absolute Gasteiger partial charge is 0.249 e. The molecule has 78 heavy (non-hydrogen) atoms. The molecule has 1 aliphatic rings. The van der Waals surface area contributed by atoms with Gasteiger partial charge in [-0.2, -0.15) is 0 Å². The van der Waals surface area contributed by atoms with Crippen LogP contribution in [0.25, 0.3) is 0 Å². The van der Waals surface area contributed by atoms with Crippen LogP contribution in [0, 0.1) is 0 Å². The zero-order valence-corrected chi connectivity index (χ0v) is 50.7. The van der Waals surface area contributed by atoms with Crippen LogP contribution < -0.4 is 5.32 Å². The molecule has 1 rings (SSSR count). The summed E-state index contributed by atoms with van der Waals surface area (Å²) in [5.74, 6) is -0.708. The quantitative estimate of drug-likeness (QED) is 0.0215. The van der Waals surface area contributed by atoms with Gasteiger partial charge in [0.2, 0.25) is 5.91 Å². The first-order valence-electron chi connectivity index (χ1n) is 33.4. The molecular weight excluding hydrogens is 979 g/mol. The van der Waals surface area contributed by atoms with Crippen molar-refractivity contribution in [3.05, 3.63) is 36.5 Å². The number of carbonyl (C=O) groups is 1. The first kappa shape index (κ1) is 74.3. The Morgan fingerprint density at radius 1 is 0.436 bits per heavy atom. The van der Waals surface area contributed by atoms with Gasteiger partial charge in [0.15, 0.2) is 6.29 Å². The van der Waals surface area contributed by atoms with Gasteiger partial charge in [0.25, 0.3) is 0 Å². The van der Waals surface area contributed by atoms with Crippen molar-refractivity contribution < 1.29 is 50.0 Å². The number of rotatable bonds is 58. The molecule has 0 saturated carbocycles. The van der Waals surface area contributed by atoms with Gasteiger partial charge in [0.05, 0.1) is 25.4 Å². The second-order valence-corrected chi connectivity index (χ2v) is 23.5. The normalized spacial score (nSPS) is 19.6. The van der Waals surface area contributed by atoms with Gasteiger partial charge in [-0.05, 0) is 77.0 Å². The summed E-state index contributed by atoms with van der Waals surface area (Å²) in [6.45, 7) is 3.48. The summed E-state index contributed by atoms with van der Waals surface area (Å²) in [5, 5.41) is 76.4. The zero-order valence-electron chi connectivity index (χ0n) is 50.7. The van der Waals surface area contributed by atoms with Crippen LogP contribution in [0.5, 0.6) is 0 Å². The average Bonchev–Trinajstić information content (AvgIpc) is 3.46. The van der Waals surface area contributed by atoms with Crippen molar-refractivity contribution in [2.24, 2.45) is 0 Å². The summed E-state index contributed by atoms with van der Waals surface area (Å²) in [6, 6.07) is -1.19. The van der Waals surface area contributed by atoms with Crippen LogP contribution in [0.15, 0.2) is 36.5 Å². The van der Waals surface area contributed by atoms with Gasteiger partial charge < -0.3 is 50.5 Å². The van der Waals surface area contributed by atoms with E-state index in [0.29, 0.717) is 19.3 Å². The molecule has 9 unspecified atom stereocenters. The van der Waals surface area contributed by atoms with Crippen molar-refractivity contribution in [2.75, 3.05) is 13.2 Å². The number of aliphatic hydroxyl groups excluding tert-OH is 7. The number of nitrogens with one attached hydrogen (secondary N) is 1. The molecule has 0 aromatic heterocycles. The monoisotopic (exact) mass is 1110 g/mol. The molecule has 0 spiro atoms. The fraction of sp³-hybridized carbons (Fsp3) is 0.896. The standard InChI is InChI=1S/C67H127NO10/c1-3-5-7-9-11-13-15-17-19-21-23-25-27-29-31-32-34-36-38-40-42-44-46-48-50-52-54-59(70)62(72)58(57-77-67-65(75)64(74)63(73)61(56-69)78-67)68-66(76)60(71)55-53-51-49-47-45-43-41-39-37-35-33-30-28-26-24-22-20-18-16-14-12-10-8-6-4-2/h30,33,38,40,46,48,58-65,67,69-75H,3-29,31-32,34-37,39,41-45,47,49-57H2,1-2H3,(H,68,76)/b33-30-,40-38+,48-46+. The maximum atomic E-state index is 13.2. The second kappa shape index (κ2) is 55.8. The third-order valence-corrected chi connectivity index (χ3v) is 16.1. The van der Waals surface area contributed by atoms with Gasteiger partial charge in [-0.25, -0.2) is 0 Å². The van der Waals surface area contributed by atoms with Crippen LogP contribution in [0.3, 0.4) is 0 Å². The number of hydrogen-bond acceptors (Lipinski definition) is 10. The van der Waals surface area contributed by atoms with E-state index in [2.05, 4.69) is 55.6 Å². The van der Waals surface area contributed by atoms with Gasteiger partial charge in [-0.15, -0.1) is 0 Å². The van der Waals surface area contributed by atoms with Gasteiger partial charge in [-0.1, -0.05) is 275 Å². The number of allylic oxidation sites excluding steroid dienone is 6. The number of aliphatic hydroxyl groups is 7. The number of hydrogen-bond donors (Lipinski definition) is 8. The van der Waals surface area contributed by atoms with Gasteiger partial charge in [0, 0.05) is 0 Å². The molecule has 1 saturated heterocycles. The SMILES string of the molecule is CCCCCCCCCCCCCC/C=C\CCCCCCCCCCCC(O)C(=O)NC(COC1OC(CO)C(O)C(O)C1O)C(O)C(O)CCC/C=C/CC/C=C/CCCCCCCCCCCCCCCCCCC. The Hall–Kier alpha value is -1.67. The van der Waals surface area contributed by atoms with Crippen LogP contribution in [-0.2, 0) is 14.3 Å². The van der Waals surface area contributed by atoms with Crippen LogP contribution in [0.2, 0.25) is 0 Å². The highest BCUT2D eigenvalue weighted by Gasteiger charge is 2.44. The van der Waals surface area contributed by atoms with E-state index >= 15 is 0 Å². The van der Waals surface area contributed by atoms with E-state index in [1.165, 1.54) is 231 Å². The minimum atomic E-state index is -1.67. The van der Waals surface area contributed by atoms with Gasteiger partial charge in [-0.3, -0.25) is 4.79 Å². The number of carbonyl (C=O) groups excluding carboxylic acids is 1. The first-order chi connectivity index (χ1) is 38.2. The highest BCUT2D eigenvalue weighted by Crippen LogP contribution is 2.24. The molecule has 0 aliphatic carbocycles. The summed E-state index contributed by atoms with van der Waals surface area (Å²) in [6.07, 6.45) is 59.3. The molecule has 11 heteroatoms. The molecule has 0 aromatic carbocycles. The van der Waals surface area contributed by atoms with E-state index in [4.69, 9.17) is 9.47 Å². The van der Waals surface area contributed by atoms with Gasteiger partial charge in [0.1, 0.15) is 36.6 Å². The van der Waals surface area contributed by atoms with Crippen LogP contribution in [0.4, 0.5) is 0 Å². The number of ether oxygens (including phenoxy) is 2. The third kappa shape index (κ3) is 43.1. The van der Waals surface area contributed by atoms with Crippen molar-refractivity contribution in [2.45, 2.75) is 371 Å². The Balaban J connectivity index is 2.27. The van der Waals surface area contributed by atoms with Crippen LogP contribution in [0.1, 0.15) is 316 Å². The molecule has 1 heterocycles. The predicted octanol–water partition coefficient (Wildman–Crippen LogP) is 15.4. The molecule has 0 radical (unpaired) electrons. The van der Waals surface area contributed by atoms with E-state index in [1.54, 1.807) is 0 Å². The Bertz CT molecular complexity index is 1360. The molecule has 9 atom stereocenters. The minimum Gasteiger partial charge on any atom is -0.394 e. The Kier molecular flexibility index (Phi) is 53.2. The molecule has 1 aliphatic heterocycles. The summed E-state index contributed by atoms with van der Waals surface area (Å²) in [4.78, 5) is 13.2. The summed E-state index contributed by atoms with van der Waals surface area (Å²) < 4.78 is 11.2. The third-order valence-electron chi connectivity index (χ3n) is 16.1. The average molecular weight is 1110 g/mol. The molecular formula is C67H127NO10. The maximum Gasteiger partial charge on any atom is 0.249 e. The minimum absolute atomic E-state index is 0.247. The van der Waals surface area contributed by atoms with E-state index < -0.39 is 74.2 Å². The predicted molar refractivity (Wildman–Crippen MR) is 325 cm³/mol. The second-order valence-electron chi connectivity index (χ2n) is 23.5. The van der Waals surface area contributed by atoms with E-state index in [9.17, 15) is 40.5 Å². The number of amides is 1. The van der Waals surface area contributed by atoms with Crippen molar-refractivity contribution in [3.63, 3.8) is 0 Å². The fourth-order valence-electron chi connectivity index (χ4n) is 10.8. The lowest BCUT2D eigenvalue weighted by Crippen LogP contribution is -2.60. The zero-order chi connectivity index (χ0) is 56.8.